The molecule has 7 nitrogen and oxygen atoms in total. The van der Waals surface area contributed by atoms with E-state index in [9.17, 15) is 19.2 Å². The summed E-state index contributed by atoms with van der Waals surface area (Å²) in [6, 6.07) is 27.7. The predicted molar refractivity (Wildman–Crippen MR) is 151 cm³/mol. The number of nitrogens with two attached hydrogens (primary N) is 1. The lowest BCUT2D eigenvalue weighted by Crippen LogP contribution is -2.31. The number of carbonyl (C=O) groups excluding carboxylic acids is 4. The molecule has 192 valence electrons. The van der Waals surface area contributed by atoms with Crippen LogP contribution in [0.5, 0.6) is 0 Å². The van der Waals surface area contributed by atoms with Crippen LogP contribution >= 0.6 is 0 Å². The Bertz CT molecular complexity index is 1590. The monoisotopic (exact) mass is 515 g/mol. The van der Waals surface area contributed by atoms with Gasteiger partial charge in [0.1, 0.15) is 0 Å². The third kappa shape index (κ3) is 5.67. The average molecular weight is 516 g/mol. The van der Waals surface area contributed by atoms with Crippen molar-refractivity contribution in [3.05, 3.63) is 137 Å². The summed E-state index contributed by atoms with van der Waals surface area (Å²) in [5.74, 6) is -1.14. The standard InChI is InChI=1S/C32H25N3O4/c33-25-14-11-21(12-15-25)13-16-29(36)23-6-4-8-26(20-23)34-30(37)24-7-3-5-22(19-24)17-18-35-31(38)27-9-1-2-10-28(27)32(35)39/h1-16,19-20H,17-18,33H2,(H,34,37)/b16-13+. The summed E-state index contributed by atoms with van der Waals surface area (Å²) >= 11 is 0. The molecule has 1 aliphatic rings. The molecule has 4 aromatic carbocycles. The number of fused-ring (bicyclic) bond motifs is 1. The molecule has 0 fully saturated rings. The van der Waals surface area contributed by atoms with Crippen molar-refractivity contribution in [3.63, 3.8) is 0 Å². The Morgan fingerprint density at radius 3 is 2.15 bits per heavy atom. The maximum absolute atomic E-state index is 13.0. The summed E-state index contributed by atoms with van der Waals surface area (Å²) in [5, 5.41) is 2.84. The van der Waals surface area contributed by atoms with E-state index in [0.717, 1.165) is 11.1 Å². The van der Waals surface area contributed by atoms with Crippen molar-refractivity contribution >= 4 is 41.0 Å². The van der Waals surface area contributed by atoms with Gasteiger partial charge in [-0.1, -0.05) is 54.6 Å². The Morgan fingerprint density at radius 2 is 1.44 bits per heavy atom. The van der Waals surface area contributed by atoms with Crippen LogP contribution in [0.4, 0.5) is 11.4 Å². The van der Waals surface area contributed by atoms with Gasteiger partial charge in [0.2, 0.25) is 0 Å². The van der Waals surface area contributed by atoms with Gasteiger partial charge in [0.15, 0.2) is 5.78 Å². The fourth-order valence-electron chi connectivity index (χ4n) is 4.38. The summed E-state index contributed by atoms with van der Waals surface area (Å²) in [6.45, 7) is 0.214. The molecule has 0 unspecified atom stereocenters. The van der Waals surface area contributed by atoms with E-state index in [1.54, 1.807) is 84.9 Å². The van der Waals surface area contributed by atoms with Crippen LogP contribution in [-0.4, -0.2) is 34.9 Å². The zero-order chi connectivity index (χ0) is 27.4. The smallest absolute Gasteiger partial charge is 0.261 e. The van der Waals surface area contributed by atoms with Gasteiger partial charge in [-0.25, -0.2) is 0 Å². The highest BCUT2D eigenvalue weighted by Crippen LogP contribution is 2.23. The van der Waals surface area contributed by atoms with Crippen molar-refractivity contribution in [2.24, 2.45) is 0 Å². The number of hydrogen-bond acceptors (Lipinski definition) is 5. The molecule has 5 rings (SSSR count). The number of imide groups is 1. The van der Waals surface area contributed by atoms with Crippen LogP contribution in [0.15, 0.2) is 103 Å². The number of nitrogens with zero attached hydrogens (tertiary/aromatic N) is 1. The second-order valence-corrected chi connectivity index (χ2v) is 9.16. The first-order chi connectivity index (χ1) is 18.9. The second kappa shape index (κ2) is 11.0. The first-order valence-electron chi connectivity index (χ1n) is 12.4. The zero-order valence-corrected chi connectivity index (χ0v) is 21.0. The van der Waals surface area contributed by atoms with Crippen molar-refractivity contribution in [2.75, 3.05) is 17.6 Å². The Labute approximate surface area is 225 Å². The van der Waals surface area contributed by atoms with Crippen molar-refractivity contribution in [2.45, 2.75) is 6.42 Å². The van der Waals surface area contributed by atoms with E-state index in [2.05, 4.69) is 5.32 Å². The fraction of sp³-hybridized carbons (Fsp3) is 0.0625. The molecule has 0 bridgehead atoms. The van der Waals surface area contributed by atoms with E-state index in [1.165, 1.54) is 11.0 Å². The number of nitrogens with one attached hydrogen (secondary N) is 1. The molecule has 0 atom stereocenters. The molecule has 3 N–H and O–H groups in total. The number of hydrogen-bond donors (Lipinski definition) is 2. The van der Waals surface area contributed by atoms with E-state index in [1.807, 2.05) is 18.2 Å². The zero-order valence-electron chi connectivity index (χ0n) is 21.0. The first kappa shape index (κ1) is 25.4. The quantitative estimate of drug-likeness (QED) is 0.144. The van der Waals surface area contributed by atoms with Crippen LogP contribution in [-0.2, 0) is 6.42 Å². The number of carbonyl (C=O) groups is 4. The average Bonchev–Trinajstić information content (AvgIpc) is 3.20. The molecule has 3 amide bonds. The van der Waals surface area contributed by atoms with Gasteiger partial charge in [-0.15, -0.1) is 0 Å². The fourth-order valence-corrected chi connectivity index (χ4v) is 4.38. The first-order valence-corrected chi connectivity index (χ1v) is 12.4. The number of benzene rings is 4. The minimum atomic E-state index is -0.334. The molecule has 0 saturated carbocycles. The van der Waals surface area contributed by atoms with Crippen LogP contribution in [0.3, 0.4) is 0 Å². The molecule has 0 radical (unpaired) electrons. The Hall–Kier alpha value is -5.30. The lowest BCUT2D eigenvalue weighted by Gasteiger charge is -2.14. The van der Waals surface area contributed by atoms with E-state index in [4.69, 9.17) is 5.73 Å². The highest BCUT2D eigenvalue weighted by Gasteiger charge is 2.34. The third-order valence-corrected chi connectivity index (χ3v) is 6.46. The largest absolute Gasteiger partial charge is 0.399 e. The summed E-state index contributed by atoms with van der Waals surface area (Å²) in [5.41, 5.74) is 10.2. The van der Waals surface area contributed by atoms with Gasteiger partial charge in [-0.2, -0.15) is 0 Å². The highest BCUT2D eigenvalue weighted by atomic mass is 16.2. The maximum Gasteiger partial charge on any atom is 0.261 e. The number of ketones is 1. The van der Waals surface area contributed by atoms with Crippen LogP contribution in [0.25, 0.3) is 6.08 Å². The summed E-state index contributed by atoms with van der Waals surface area (Å²) in [4.78, 5) is 52.1. The summed E-state index contributed by atoms with van der Waals surface area (Å²) < 4.78 is 0. The SMILES string of the molecule is Nc1ccc(/C=C/C(=O)c2cccc(NC(=O)c3cccc(CCN4C(=O)c5ccccc5C4=O)c3)c2)cc1. The van der Waals surface area contributed by atoms with Crippen molar-refractivity contribution < 1.29 is 19.2 Å². The topological polar surface area (TPSA) is 110 Å². The molecule has 1 heterocycles. The Kier molecular flexibility index (Phi) is 7.14. The molecule has 4 aromatic rings. The Morgan fingerprint density at radius 1 is 0.769 bits per heavy atom. The second-order valence-electron chi connectivity index (χ2n) is 9.16. The minimum absolute atomic E-state index is 0.196. The number of amides is 3. The van der Waals surface area contributed by atoms with Crippen molar-refractivity contribution in [1.29, 1.82) is 0 Å². The van der Waals surface area contributed by atoms with Crippen LogP contribution in [0.1, 0.15) is 52.6 Å². The number of nitrogen functional groups attached to an aromatic ring is 1. The molecule has 0 saturated heterocycles. The minimum Gasteiger partial charge on any atom is -0.399 e. The molecular formula is C32H25N3O4. The lowest BCUT2D eigenvalue weighted by molar-refractivity contribution is 0.0655. The molecule has 0 aromatic heterocycles. The third-order valence-electron chi connectivity index (χ3n) is 6.46. The van der Waals surface area contributed by atoms with E-state index < -0.39 is 0 Å². The molecular weight excluding hydrogens is 490 g/mol. The van der Waals surface area contributed by atoms with Gasteiger partial charge in [0.05, 0.1) is 11.1 Å². The van der Waals surface area contributed by atoms with Crippen LogP contribution in [0, 0.1) is 0 Å². The molecule has 39 heavy (non-hydrogen) atoms. The van der Waals surface area contributed by atoms with Gasteiger partial charge in [-0.3, -0.25) is 24.1 Å². The van der Waals surface area contributed by atoms with Gasteiger partial charge < -0.3 is 11.1 Å². The van der Waals surface area contributed by atoms with Crippen LogP contribution < -0.4 is 11.1 Å². The van der Waals surface area contributed by atoms with Crippen LogP contribution in [0.2, 0.25) is 0 Å². The van der Waals surface area contributed by atoms with E-state index in [-0.39, 0.29) is 30.0 Å². The maximum atomic E-state index is 13.0. The van der Waals surface area contributed by atoms with Crippen molar-refractivity contribution in [3.8, 4) is 0 Å². The Balaban J connectivity index is 1.22. The number of rotatable bonds is 8. The van der Waals surface area contributed by atoms with E-state index in [0.29, 0.717) is 40.0 Å². The highest BCUT2D eigenvalue weighted by molar-refractivity contribution is 6.21. The normalized spacial score (nSPS) is 12.6. The van der Waals surface area contributed by atoms with Gasteiger partial charge >= 0.3 is 0 Å². The molecule has 0 spiro atoms. The van der Waals surface area contributed by atoms with Gasteiger partial charge in [0, 0.05) is 29.0 Å². The summed E-state index contributed by atoms with van der Waals surface area (Å²) in [7, 11) is 0. The molecule has 0 aliphatic carbocycles. The molecule has 1 aliphatic heterocycles. The van der Waals surface area contributed by atoms with E-state index >= 15 is 0 Å². The van der Waals surface area contributed by atoms with Gasteiger partial charge in [0.25, 0.3) is 17.7 Å². The number of allylic oxidation sites excluding steroid dienone is 1. The van der Waals surface area contributed by atoms with Crippen molar-refractivity contribution in [1.82, 2.24) is 4.90 Å². The number of anilines is 2. The molecule has 7 heteroatoms. The summed E-state index contributed by atoms with van der Waals surface area (Å²) in [6.07, 6.45) is 3.60. The van der Waals surface area contributed by atoms with Gasteiger partial charge in [-0.05, 0) is 72.2 Å². The predicted octanol–water partition coefficient (Wildman–Crippen LogP) is 5.26. The lowest BCUT2D eigenvalue weighted by atomic mass is 10.1.